The summed E-state index contributed by atoms with van der Waals surface area (Å²) in [5, 5.41) is 11.6. The number of fused-ring (bicyclic) bond motifs is 8. The van der Waals surface area contributed by atoms with Gasteiger partial charge in [0.2, 0.25) is 23.6 Å². The van der Waals surface area contributed by atoms with Crippen molar-refractivity contribution in [1.82, 2.24) is 41.2 Å². The van der Waals surface area contributed by atoms with Crippen LogP contribution < -0.4 is 21.3 Å². The number of oxazole rings is 4. The van der Waals surface area contributed by atoms with Crippen LogP contribution in [0.4, 0.5) is 0 Å². The van der Waals surface area contributed by atoms with E-state index in [-0.39, 0.29) is 70.0 Å². The number of carbonyl (C=O) groups is 4. The maximum atomic E-state index is 13.5. The van der Waals surface area contributed by atoms with Gasteiger partial charge < -0.3 is 38.9 Å². The van der Waals surface area contributed by atoms with Gasteiger partial charge in [0.15, 0.2) is 22.8 Å². The summed E-state index contributed by atoms with van der Waals surface area (Å²) in [4.78, 5) is 71.7. The first-order valence-corrected chi connectivity index (χ1v) is 17.7. The molecule has 4 N–H and O–H groups in total. The fraction of sp³-hybridized carbons (Fsp3) is 0.556. The topological polar surface area (TPSA) is 221 Å². The molecule has 0 saturated heterocycles. The Balaban J connectivity index is 1.54. The van der Waals surface area contributed by atoms with Gasteiger partial charge in [-0.2, -0.15) is 0 Å². The maximum absolute atomic E-state index is 13.5. The molecule has 4 aromatic rings. The molecule has 0 spiro atoms. The lowest BCUT2D eigenvalue weighted by Crippen LogP contribution is -2.32. The molecule has 0 fully saturated rings. The number of aromatic nitrogens is 4. The van der Waals surface area contributed by atoms with E-state index in [1.807, 2.05) is 55.4 Å². The SMILES string of the molecule is CC(C)CC1NC(=O)c2coc(n2)C(CC(C)C)NC(=O)c2coc(n2)C(CC(C)C)NC(=O)c2coc(n2)C(CC(C)C)NC(=O)c2coc1n2. The van der Waals surface area contributed by atoms with E-state index in [1.54, 1.807) is 0 Å². The monoisotopic (exact) mass is 720 g/mol. The Hall–Kier alpha value is -5.28. The Morgan fingerprint density at radius 3 is 0.788 bits per heavy atom. The number of hydrogen-bond donors (Lipinski definition) is 4. The first-order valence-electron chi connectivity index (χ1n) is 17.7. The van der Waals surface area contributed by atoms with E-state index < -0.39 is 47.8 Å². The van der Waals surface area contributed by atoms with Gasteiger partial charge in [-0.3, -0.25) is 19.2 Å². The number of nitrogens with one attached hydrogen (secondary N) is 4. The Kier molecular flexibility index (Phi) is 12.0. The first kappa shape index (κ1) is 38.0. The number of nitrogens with zero attached hydrogens (tertiary/aromatic N) is 4. The average Bonchev–Trinajstić information content (AvgIpc) is 3.88. The molecule has 4 amide bonds. The normalized spacial score (nSPS) is 20.5. The molecule has 52 heavy (non-hydrogen) atoms. The van der Waals surface area contributed by atoms with Crippen LogP contribution in [0.2, 0.25) is 0 Å². The average molecular weight is 721 g/mol. The summed E-state index contributed by atoms with van der Waals surface area (Å²) in [5.74, 6) is -1.21. The fourth-order valence-corrected chi connectivity index (χ4v) is 5.91. The molecule has 5 heterocycles. The lowest BCUT2D eigenvalue weighted by atomic mass is 10.0. The highest BCUT2D eigenvalue weighted by molar-refractivity contribution is 5.94. The quantitative estimate of drug-likeness (QED) is 0.164. The third kappa shape index (κ3) is 9.53. The van der Waals surface area contributed by atoms with Crippen LogP contribution in [-0.2, 0) is 0 Å². The highest BCUT2D eigenvalue weighted by atomic mass is 16.4. The first-order chi connectivity index (χ1) is 24.7. The van der Waals surface area contributed by atoms with Crippen molar-refractivity contribution in [3.05, 3.63) is 71.4 Å². The molecular weight excluding hydrogens is 672 g/mol. The van der Waals surface area contributed by atoms with Gasteiger partial charge in [0.05, 0.1) is 0 Å². The van der Waals surface area contributed by atoms with Crippen LogP contribution in [0.25, 0.3) is 0 Å². The van der Waals surface area contributed by atoms with E-state index in [2.05, 4.69) is 41.2 Å². The number of hydrogen-bond acceptors (Lipinski definition) is 12. The van der Waals surface area contributed by atoms with Crippen molar-refractivity contribution < 1.29 is 36.8 Å². The van der Waals surface area contributed by atoms with Gasteiger partial charge in [-0.05, 0) is 49.4 Å². The molecule has 4 unspecified atom stereocenters. The third-order valence-electron chi connectivity index (χ3n) is 8.26. The van der Waals surface area contributed by atoms with Gasteiger partial charge in [-0.1, -0.05) is 55.4 Å². The van der Waals surface area contributed by atoms with Crippen LogP contribution in [0.3, 0.4) is 0 Å². The van der Waals surface area contributed by atoms with Gasteiger partial charge in [0.25, 0.3) is 23.6 Å². The summed E-state index contributed by atoms with van der Waals surface area (Å²) >= 11 is 0. The van der Waals surface area contributed by atoms with Crippen LogP contribution in [0.1, 0.15) is 171 Å². The molecule has 4 atom stereocenters. The van der Waals surface area contributed by atoms with E-state index >= 15 is 0 Å². The van der Waals surface area contributed by atoms with Crippen LogP contribution in [0.15, 0.2) is 42.7 Å². The number of rotatable bonds is 8. The summed E-state index contributed by atoms with van der Waals surface area (Å²) < 4.78 is 22.9. The predicted octanol–water partition coefficient (Wildman–Crippen LogP) is 6.02. The summed E-state index contributed by atoms with van der Waals surface area (Å²) in [6.07, 6.45) is 6.67. The Bertz CT molecular complexity index is 1590. The second-order valence-electron chi connectivity index (χ2n) is 14.9. The van der Waals surface area contributed by atoms with E-state index in [9.17, 15) is 19.2 Å². The zero-order chi connectivity index (χ0) is 37.7. The molecule has 1 aliphatic heterocycles. The van der Waals surface area contributed by atoms with Crippen LogP contribution in [0.5, 0.6) is 0 Å². The molecule has 0 saturated carbocycles. The van der Waals surface area contributed by atoms with E-state index in [0.29, 0.717) is 25.7 Å². The minimum absolute atomic E-state index is 0.0106. The predicted molar refractivity (Wildman–Crippen MR) is 185 cm³/mol. The third-order valence-corrected chi connectivity index (χ3v) is 8.26. The molecule has 5 rings (SSSR count). The smallest absolute Gasteiger partial charge is 0.273 e. The molecule has 280 valence electrons. The van der Waals surface area contributed by atoms with Gasteiger partial charge in [-0.25, -0.2) is 19.9 Å². The van der Waals surface area contributed by atoms with Crippen molar-refractivity contribution in [2.45, 2.75) is 105 Å². The minimum atomic E-state index is -0.703. The molecular formula is C36H48N8O8. The zero-order valence-electron chi connectivity index (χ0n) is 30.8. The molecule has 0 radical (unpaired) electrons. The molecule has 0 aliphatic carbocycles. The lowest BCUT2D eigenvalue weighted by molar-refractivity contribution is 0.0911. The Labute approximate surface area is 301 Å². The Morgan fingerprint density at radius 1 is 0.423 bits per heavy atom. The van der Waals surface area contributed by atoms with Crippen molar-refractivity contribution in [3.8, 4) is 0 Å². The standard InChI is InChI=1S/C36H48N8O8/c1-17(2)9-21-33-41-26(13-49-33)30(46)38-23(11-19(5)6)35-43-28(15-51-35)32(48)40-24(12-20(7)8)36-44-27(16-52-36)31(47)39-22(10-18(3)4)34-42-25(14-50-34)29(45)37-21/h13-24H,9-12H2,1-8H3,(H,37,45)(H,38,46)(H,39,47)(H,40,48). The van der Waals surface area contributed by atoms with Crippen molar-refractivity contribution in [2.24, 2.45) is 23.7 Å². The zero-order valence-corrected chi connectivity index (χ0v) is 30.8. The highest BCUT2D eigenvalue weighted by Crippen LogP contribution is 2.27. The molecule has 16 heteroatoms. The molecule has 16 nitrogen and oxygen atoms in total. The Morgan fingerprint density at radius 2 is 0.615 bits per heavy atom. The van der Waals surface area contributed by atoms with Crippen molar-refractivity contribution in [3.63, 3.8) is 0 Å². The van der Waals surface area contributed by atoms with Crippen molar-refractivity contribution >= 4 is 23.6 Å². The molecule has 1 aliphatic rings. The second kappa shape index (κ2) is 16.4. The minimum Gasteiger partial charge on any atom is -0.446 e. The summed E-state index contributed by atoms with van der Waals surface area (Å²) in [6, 6.07) is -2.81. The van der Waals surface area contributed by atoms with Crippen molar-refractivity contribution in [2.75, 3.05) is 0 Å². The number of amides is 4. The number of carbonyl (C=O) groups excluding carboxylic acids is 4. The molecule has 4 aromatic heterocycles. The highest BCUT2D eigenvalue weighted by Gasteiger charge is 2.31. The van der Waals surface area contributed by atoms with E-state index in [1.165, 1.54) is 25.1 Å². The van der Waals surface area contributed by atoms with E-state index in [4.69, 9.17) is 17.7 Å². The second-order valence-corrected chi connectivity index (χ2v) is 14.9. The van der Waals surface area contributed by atoms with Crippen LogP contribution in [-0.4, -0.2) is 43.6 Å². The van der Waals surface area contributed by atoms with Gasteiger partial charge in [0.1, 0.15) is 49.2 Å². The van der Waals surface area contributed by atoms with Crippen molar-refractivity contribution in [1.29, 1.82) is 0 Å². The van der Waals surface area contributed by atoms with Gasteiger partial charge in [-0.15, -0.1) is 0 Å². The van der Waals surface area contributed by atoms with Gasteiger partial charge in [0, 0.05) is 0 Å². The summed E-state index contributed by atoms with van der Waals surface area (Å²) in [6.45, 7) is 15.8. The van der Waals surface area contributed by atoms with Gasteiger partial charge >= 0.3 is 0 Å². The fourth-order valence-electron chi connectivity index (χ4n) is 5.91. The van der Waals surface area contributed by atoms with E-state index in [0.717, 1.165) is 0 Å². The molecule has 8 bridgehead atoms. The maximum Gasteiger partial charge on any atom is 0.273 e. The van der Waals surface area contributed by atoms with Crippen LogP contribution >= 0.6 is 0 Å². The summed E-state index contributed by atoms with van der Waals surface area (Å²) in [5.41, 5.74) is -0.0423. The largest absolute Gasteiger partial charge is 0.446 e. The van der Waals surface area contributed by atoms with Crippen LogP contribution in [0, 0.1) is 23.7 Å². The lowest BCUT2D eigenvalue weighted by Gasteiger charge is -2.18. The summed E-state index contributed by atoms with van der Waals surface area (Å²) in [7, 11) is 0. The molecule has 0 aromatic carbocycles.